The van der Waals surface area contributed by atoms with Crippen LogP contribution in [0.4, 0.5) is 0 Å². The van der Waals surface area contributed by atoms with Crippen molar-refractivity contribution in [2.45, 2.75) is 58.4 Å². The lowest BCUT2D eigenvalue weighted by Gasteiger charge is -2.40. The average Bonchev–Trinajstić information content (AvgIpc) is 3.30. The van der Waals surface area contributed by atoms with Gasteiger partial charge in [0, 0.05) is 32.8 Å². The summed E-state index contributed by atoms with van der Waals surface area (Å²) in [5.74, 6) is 0.790. The van der Waals surface area contributed by atoms with Gasteiger partial charge in [-0.3, -0.25) is 0 Å². The Morgan fingerprint density at radius 2 is 1.75 bits per heavy atom. The molecular formula is C17H34N2O. The summed E-state index contributed by atoms with van der Waals surface area (Å²) < 4.78 is 5.30. The molecule has 0 unspecified atom stereocenters. The van der Waals surface area contributed by atoms with Gasteiger partial charge in [-0.1, -0.05) is 13.8 Å². The lowest BCUT2D eigenvalue weighted by Crippen LogP contribution is -2.46. The van der Waals surface area contributed by atoms with Crippen LogP contribution in [0.2, 0.25) is 0 Å². The highest BCUT2D eigenvalue weighted by Gasteiger charge is 2.32. The first-order valence-corrected chi connectivity index (χ1v) is 8.66. The average molecular weight is 282 g/mol. The third-order valence-electron chi connectivity index (χ3n) is 5.51. The largest absolute Gasteiger partial charge is 0.384 e. The SMILES string of the molecule is CCC(CC)(CNC1CC1)CN1CCC(COC)CC1. The van der Waals surface area contributed by atoms with E-state index in [0.29, 0.717) is 5.41 Å². The molecule has 1 heterocycles. The molecule has 2 aliphatic rings. The molecular weight excluding hydrogens is 248 g/mol. The molecule has 1 aliphatic heterocycles. The van der Waals surface area contributed by atoms with E-state index in [1.165, 1.54) is 64.7 Å². The quantitative estimate of drug-likeness (QED) is 0.704. The van der Waals surface area contributed by atoms with E-state index < -0.39 is 0 Å². The van der Waals surface area contributed by atoms with Crippen LogP contribution in [0.25, 0.3) is 0 Å². The number of nitrogens with one attached hydrogen (secondary N) is 1. The van der Waals surface area contributed by atoms with Gasteiger partial charge >= 0.3 is 0 Å². The standard InChI is InChI=1S/C17H34N2O/c1-4-17(5-2,13-18-16-6-7-16)14-19-10-8-15(9-11-19)12-20-3/h15-16,18H,4-14H2,1-3H3. The molecule has 118 valence electrons. The molecule has 0 amide bonds. The molecule has 1 saturated carbocycles. The molecule has 0 atom stereocenters. The van der Waals surface area contributed by atoms with Crippen molar-refractivity contribution in [2.24, 2.45) is 11.3 Å². The second-order valence-electron chi connectivity index (χ2n) is 7.04. The maximum absolute atomic E-state index is 5.30. The smallest absolute Gasteiger partial charge is 0.0491 e. The Labute approximate surface area is 125 Å². The second kappa shape index (κ2) is 7.77. The zero-order chi connectivity index (χ0) is 14.4. The van der Waals surface area contributed by atoms with E-state index in [4.69, 9.17) is 4.74 Å². The van der Waals surface area contributed by atoms with E-state index in [1.807, 2.05) is 7.11 Å². The lowest BCUT2D eigenvalue weighted by atomic mass is 9.80. The first kappa shape index (κ1) is 16.3. The van der Waals surface area contributed by atoms with Crippen LogP contribution < -0.4 is 5.32 Å². The van der Waals surface area contributed by atoms with Crippen molar-refractivity contribution in [3.05, 3.63) is 0 Å². The number of nitrogens with zero attached hydrogens (tertiary/aromatic N) is 1. The Balaban J connectivity index is 1.78. The van der Waals surface area contributed by atoms with Crippen LogP contribution in [0.15, 0.2) is 0 Å². The lowest BCUT2D eigenvalue weighted by molar-refractivity contribution is 0.0690. The summed E-state index contributed by atoms with van der Waals surface area (Å²) in [7, 11) is 1.83. The molecule has 2 rings (SSSR count). The monoisotopic (exact) mass is 282 g/mol. The van der Waals surface area contributed by atoms with Gasteiger partial charge in [-0.25, -0.2) is 0 Å². The van der Waals surface area contributed by atoms with Gasteiger partial charge in [-0.15, -0.1) is 0 Å². The fraction of sp³-hybridized carbons (Fsp3) is 1.00. The minimum atomic E-state index is 0.483. The molecule has 0 spiro atoms. The number of rotatable bonds is 9. The molecule has 1 aliphatic carbocycles. The molecule has 0 aromatic carbocycles. The van der Waals surface area contributed by atoms with E-state index in [2.05, 4.69) is 24.1 Å². The third-order valence-corrected chi connectivity index (χ3v) is 5.51. The minimum absolute atomic E-state index is 0.483. The van der Waals surface area contributed by atoms with E-state index >= 15 is 0 Å². The van der Waals surface area contributed by atoms with E-state index in [-0.39, 0.29) is 0 Å². The van der Waals surface area contributed by atoms with E-state index in [0.717, 1.165) is 18.6 Å². The number of piperidine rings is 1. The molecule has 20 heavy (non-hydrogen) atoms. The topological polar surface area (TPSA) is 24.5 Å². The van der Waals surface area contributed by atoms with Crippen LogP contribution in [-0.2, 0) is 4.74 Å². The molecule has 3 heteroatoms. The Hall–Kier alpha value is -0.120. The molecule has 1 N–H and O–H groups in total. The number of hydrogen-bond acceptors (Lipinski definition) is 3. The van der Waals surface area contributed by atoms with Gasteiger partial charge in [0.25, 0.3) is 0 Å². The predicted octanol–water partition coefficient (Wildman–Crippen LogP) is 2.90. The number of hydrogen-bond donors (Lipinski definition) is 1. The summed E-state index contributed by atoms with van der Waals surface area (Å²) >= 11 is 0. The Kier molecular flexibility index (Phi) is 6.31. The minimum Gasteiger partial charge on any atom is -0.384 e. The third kappa shape index (κ3) is 4.71. The summed E-state index contributed by atoms with van der Waals surface area (Å²) in [5, 5.41) is 3.77. The summed E-state index contributed by atoms with van der Waals surface area (Å²) in [6.45, 7) is 10.7. The highest BCUT2D eigenvalue weighted by molar-refractivity contribution is 4.89. The van der Waals surface area contributed by atoms with Crippen molar-refractivity contribution < 1.29 is 4.74 Å². The molecule has 0 aromatic heterocycles. The van der Waals surface area contributed by atoms with Crippen molar-refractivity contribution in [3.63, 3.8) is 0 Å². The molecule has 1 saturated heterocycles. The zero-order valence-corrected chi connectivity index (χ0v) is 13.8. The zero-order valence-electron chi connectivity index (χ0n) is 13.8. The van der Waals surface area contributed by atoms with Gasteiger partial charge in [0.2, 0.25) is 0 Å². The summed E-state index contributed by atoms with van der Waals surface area (Å²) in [5.41, 5.74) is 0.483. The van der Waals surface area contributed by atoms with Gasteiger partial charge in [-0.05, 0) is 62.9 Å². The van der Waals surface area contributed by atoms with Gasteiger partial charge in [-0.2, -0.15) is 0 Å². The van der Waals surface area contributed by atoms with Crippen molar-refractivity contribution >= 4 is 0 Å². The van der Waals surface area contributed by atoms with Gasteiger partial charge < -0.3 is 15.0 Å². The number of likely N-dealkylation sites (tertiary alicyclic amines) is 1. The van der Waals surface area contributed by atoms with Gasteiger partial charge in [0.15, 0.2) is 0 Å². The Bertz CT molecular complexity index is 266. The predicted molar refractivity (Wildman–Crippen MR) is 85.1 cm³/mol. The molecule has 2 fully saturated rings. The highest BCUT2D eigenvalue weighted by atomic mass is 16.5. The van der Waals surface area contributed by atoms with Crippen molar-refractivity contribution in [1.29, 1.82) is 0 Å². The molecule has 3 nitrogen and oxygen atoms in total. The van der Waals surface area contributed by atoms with Crippen molar-refractivity contribution in [2.75, 3.05) is 39.9 Å². The fourth-order valence-electron chi connectivity index (χ4n) is 3.45. The summed E-state index contributed by atoms with van der Waals surface area (Å²) in [6.07, 6.45) is 8.00. The maximum atomic E-state index is 5.30. The summed E-state index contributed by atoms with van der Waals surface area (Å²) in [4.78, 5) is 2.70. The number of ether oxygens (including phenoxy) is 1. The molecule has 0 aromatic rings. The van der Waals surface area contributed by atoms with Gasteiger partial charge in [0.1, 0.15) is 0 Å². The highest BCUT2D eigenvalue weighted by Crippen LogP contribution is 2.30. The Morgan fingerprint density at radius 3 is 2.25 bits per heavy atom. The maximum Gasteiger partial charge on any atom is 0.0491 e. The number of methoxy groups -OCH3 is 1. The van der Waals surface area contributed by atoms with Gasteiger partial charge in [0.05, 0.1) is 0 Å². The van der Waals surface area contributed by atoms with Crippen LogP contribution >= 0.6 is 0 Å². The molecule has 0 bridgehead atoms. The summed E-state index contributed by atoms with van der Waals surface area (Å²) in [6, 6.07) is 0.833. The second-order valence-corrected chi connectivity index (χ2v) is 7.04. The van der Waals surface area contributed by atoms with Crippen LogP contribution in [-0.4, -0.2) is 50.8 Å². The van der Waals surface area contributed by atoms with Crippen molar-refractivity contribution in [3.8, 4) is 0 Å². The van der Waals surface area contributed by atoms with Crippen molar-refractivity contribution in [1.82, 2.24) is 10.2 Å². The molecule has 0 radical (unpaired) electrons. The first-order valence-electron chi connectivity index (χ1n) is 8.66. The van der Waals surface area contributed by atoms with Crippen LogP contribution in [0.1, 0.15) is 52.4 Å². The Morgan fingerprint density at radius 1 is 1.10 bits per heavy atom. The first-order chi connectivity index (χ1) is 9.71. The van der Waals surface area contributed by atoms with Crippen LogP contribution in [0.5, 0.6) is 0 Å². The fourth-order valence-corrected chi connectivity index (χ4v) is 3.45. The van der Waals surface area contributed by atoms with E-state index in [9.17, 15) is 0 Å². The van der Waals surface area contributed by atoms with E-state index in [1.54, 1.807) is 0 Å². The normalized spacial score (nSPS) is 22.4. The van der Waals surface area contributed by atoms with Crippen LogP contribution in [0.3, 0.4) is 0 Å². The van der Waals surface area contributed by atoms with Crippen LogP contribution in [0, 0.1) is 11.3 Å².